The summed E-state index contributed by atoms with van der Waals surface area (Å²) in [6, 6.07) is 13.0. The van der Waals surface area contributed by atoms with Crippen molar-refractivity contribution in [2.45, 2.75) is 12.8 Å². The van der Waals surface area contributed by atoms with E-state index in [4.69, 9.17) is 9.84 Å². The first kappa shape index (κ1) is 11.8. The van der Waals surface area contributed by atoms with Crippen molar-refractivity contribution in [2.75, 3.05) is 6.61 Å². The summed E-state index contributed by atoms with van der Waals surface area (Å²) in [5, 5.41) is 9.03. The molecule has 0 aromatic heterocycles. The van der Waals surface area contributed by atoms with E-state index in [2.05, 4.69) is 6.07 Å². The molecular formula is C16H14O3. The minimum Gasteiger partial charge on any atom is -0.493 e. The normalized spacial score (nSPS) is 13.5. The van der Waals surface area contributed by atoms with Crippen LogP contribution in [0, 0.1) is 0 Å². The molecule has 3 rings (SSSR count). The Bertz CT molecular complexity index is 632. The van der Waals surface area contributed by atoms with Crippen molar-refractivity contribution in [1.29, 1.82) is 0 Å². The molecule has 0 atom stereocenters. The minimum absolute atomic E-state index is 0.312. The molecule has 3 heteroatoms. The fraction of sp³-hybridized carbons (Fsp3) is 0.188. The maximum absolute atomic E-state index is 11.0. The molecule has 0 unspecified atom stereocenters. The van der Waals surface area contributed by atoms with Crippen LogP contribution in [0.15, 0.2) is 42.5 Å². The van der Waals surface area contributed by atoms with Gasteiger partial charge in [0.05, 0.1) is 12.2 Å². The average molecular weight is 254 g/mol. The fourth-order valence-electron chi connectivity index (χ4n) is 2.37. The topological polar surface area (TPSA) is 46.5 Å². The van der Waals surface area contributed by atoms with Crippen LogP contribution >= 0.6 is 0 Å². The predicted octanol–water partition coefficient (Wildman–Crippen LogP) is 3.38. The van der Waals surface area contributed by atoms with Crippen molar-refractivity contribution in [3.63, 3.8) is 0 Å². The molecule has 19 heavy (non-hydrogen) atoms. The molecule has 2 aromatic rings. The molecule has 3 nitrogen and oxygen atoms in total. The summed E-state index contributed by atoms with van der Waals surface area (Å²) in [6.45, 7) is 0.779. The van der Waals surface area contributed by atoms with Crippen molar-refractivity contribution in [2.24, 2.45) is 0 Å². The second kappa shape index (κ2) is 4.76. The Morgan fingerprint density at radius 3 is 2.79 bits per heavy atom. The molecule has 0 spiro atoms. The van der Waals surface area contributed by atoms with Crippen molar-refractivity contribution < 1.29 is 14.6 Å². The van der Waals surface area contributed by atoms with Crippen LogP contribution in [0.3, 0.4) is 0 Å². The molecule has 0 bridgehead atoms. The zero-order valence-corrected chi connectivity index (χ0v) is 10.4. The highest BCUT2D eigenvalue weighted by atomic mass is 16.5. The maximum atomic E-state index is 11.0. The smallest absolute Gasteiger partial charge is 0.335 e. The number of benzene rings is 2. The van der Waals surface area contributed by atoms with Crippen molar-refractivity contribution in [3.8, 4) is 16.9 Å². The lowest BCUT2D eigenvalue weighted by Gasteiger charge is -2.18. The predicted molar refractivity (Wildman–Crippen MR) is 72.7 cm³/mol. The summed E-state index contributed by atoms with van der Waals surface area (Å²) in [5.74, 6) is 0.0486. The van der Waals surface area contributed by atoms with Gasteiger partial charge in [0.2, 0.25) is 0 Å². The summed E-state index contributed by atoms with van der Waals surface area (Å²) in [7, 11) is 0. The zero-order valence-electron chi connectivity index (χ0n) is 10.4. The van der Waals surface area contributed by atoms with E-state index < -0.39 is 5.97 Å². The van der Waals surface area contributed by atoms with E-state index in [1.807, 2.05) is 18.2 Å². The molecule has 0 saturated heterocycles. The van der Waals surface area contributed by atoms with E-state index in [-0.39, 0.29) is 0 Å². The van der Waals surface area contributed by atoms with Gasteiger partial charge >= 0.3 is 5.97 Å². The Morgan fingerprint density at radius 2 is 1.95 bits per heavy atom. The maximum Gasteiger partial charge on any atom is 0.335 e. The van der Waals surface area contributed by atoms with Crippen LogP contribution in [0.25, 0.3) is 11.1 Å². The number of carbonyl (C=O) groups is 1. The molecule has 1 heterocycles. The Morgan fingerprint density at radius 1 is 1.11 bits per heavy atom. The van der Waals surface area contributed by atoms with E-state index in [0.29, 0.717) is 5.56 Å². The molecule has 2 aromatic carbocycles. The number of hydrogen-bond acceptors (Lipinski definition) is 2. The molecule has 0 aliphatic carbocycles. The van der Waals surface area contributed by atoms with Crippen molar-refractivity contribution in [1.82, 2.24) is 0 Å². The minimum atomic E-state index is -0.900. The second-order valence-electron chi connectivity index (χ2n) is 4.66. The van der Waals surface area contributed by atoms with Crippen LogP contribution in [-0.4, -0.2) is 17.7 Å². The van der Waals surface area contributed by atoms with Crippen molar-refractivity contribution >= 4 is 5.97 Å². The SMILES string of the molecule is O=C(O)c1cccc(-c2ccc3c(c2)CCCO3)c1. The molecular weight excluding hydrogens is 240 g/mol. The molecule has 0 saturated carbocycles. The Labute approximate surface area is 111 Å². The number of carboxylic acid groups (broad SMARTS) is 1. The van der Waals surface area contributed by atoms with Gasteiger partial charge in [-0.25, -0.2) is 4.79 Å². The molecule has 0 fully saturated rings. The highest BCUT2D eigenvalue weighted by molar-refractivity contribution is 5.89. The monoisotopic (exact) mass is 254 g/mol. The van der Waals surface area contributed by atoms with Gasteiger partial charge in [-0.3, -0.25) is 0 Å². The van der Waals surface area contributed by atoms with Crippen LogP contribution < -0.4 is 4.74 Å². The third-order valence-electron chi connectivity index (χ3n) is 3.35. The summed E-state index contributed by atoms with van der Waals surface area (Å²) in [5.41, 5.74) is 3.47. The number of aromatic carboxylic acids is 1. The number of aryl methyl sites for hydroxylation is 1. The number of rotatable bonds is 2. The third-order valence-corrected chi connectivity index (χ3v) is 3.35. The third kappa shape index (κ3) is 2.32. The number of carboxylic acids is 1. The van der Waals surface area contributed by atoms with Gasteiger partial charge in [0.15, 0.2) is 0 Å². The number of fused-ring (bicyclic) bond motifs is 1. The lowest BCUT2D eigenvalue weighted by molar-refractivity contribution is 0.0697. The van der Waals surface area contributed by atoms with Gasteiger partial charge in [0, 0.05) is 0 Å². The van der Waals surface area contributed by atoms with Crippen molar-refractivity contribution in [3.05, 3.63) is 53.6 Å². The van der Waals surface area contributed by atoms with Gasteiger partial charge in [0.1, 0.15) is 5.75 Å². The van der Waals surface area contributed by atoms with Gasteiger partial charge in [-0.1, -0.05) is 18.2 Å². The summed E-state index contributed by atoms with van der Waals surface area (Å²) < 4.78 is 5.58. The lowest BCUT2D eigenvalue weighted by Crippen LogP contribution is -2.08. The zero-order chi connectivity index (χ0) is 13.2. The van der Waals surface area contributed by atoms with Gasteiger partial charge in [-0.2, -0.15) is 0 Å². The summed E-state index contributed by atoms with van der Waals surface area (Å²) >= 11 is 0. The van der Waals surface area contributed by atoms with Gasteiger partial charge < -0.3 is 9.84 Å². The van der Waals surface area contributed by atoms with Crippen LogP contribution in [0.5, 0.6) is 5.75 Å². The summed E-state index contributed by atoms with van der Waals surface area (Å²) in [4.78, 5) is 11.0. The molecule has 0 radical (unpaired) electrons. The molecule has 96 valence electrons. The number of hydrogen-bond donors (Lipinski definition) is 1. The average Bonchev–Trinajstić information content (AvgIpc) is 2.47. The van der Waals surface area contributed by atoms with Crippen LogP contribution in [0.4, 0.5) is 0 Å². The van der Waals surface area contributed by atoms with E-state index in [0.717, 1.165) is 36.3 Å². The molecule has 0 amide bonds. The molecule has 1 aliphatic rings. The van der Waals surface area contributed by atoms with Crippen LogP contribution in [-0.2, 0) is 6.42 Å². The highest BCUT2D eigenvalue weighted by Crippen LogP contribution is 2.30. The fourth-order valence-corrected chi connectivity index (χ4v) is 2.37. The Balaban J connectivity index is 2.02. The number of ether oxygens (including phenoxy) is 1. The molecule has 1 aliphatic heterocycles. The summed E-state index contributed by atoms with van der Waals surface area (Å²) in [6.07, 6.45) is 2.05. The first-order valence-electron chi connectivity index (χ1n) is 6.33. The standard InChI is InChI=1S/C16H14O3/c17-16(18)14-4-1-3-11(10-14)12-6-7-15-13(9-12)5-2-8-19-15/h1,3-4,6-7,9-10H,2,5,8H2,(H,17,18). The van der Waals surface area contributed by atoms with Gasteiger partial charge in [0.25, 0.3) is 0 Å². The lowest BCUT2D eigenvalue weighted by atomic mass is 9.98. The van der Waals surface area contributed by atoms with Crippen LogP contribution in [0.2, 0.25) is 0 Å². The quantitative estimate of drug-likeness (QED) is 0.893. The first-order chi connectivity index (χ1) is 9.24. The van der Waals surface area contributed by atoms with E-state index in [1.165, 1.54) is 5.56 Å². The van der Waals surface area contributed by atoms with Gasteiger partial charge in [-0.15, -0.1) is 0 Å². The Hall–Kier alpha value is -2.29. The van der Waals surface area contributed by atoms with E-state index in [1.54, 1.807) is 18.2 Å². The van der Waals surface area contributed by atoms with Crippen LogP contribution in [0.1, 0.15) is 22.3 Å². The van der Waals surface area contributed by atoms with E-state index >= 15 is 0 Å². The Kier molecular flexibility index (Phi) is 2.95. The largest absolute Gasteiger partial charge is 0.493 e. The molecule has 1 N–H and O–H groups in total. The van der Waals surface area contributed by atoms with E-state index in [9.17, 15) is 4.79 Å². The second-order valence-corrected chi connectivity index (χ2v) is 4.66. The highest BCUT2D eigenvalue weighted by Gasteiger charge is 2.12. The van der Waals surface area contributed by atoms with Gasteiger partial charge in [-0.05, 0) is 53.8 Å². The first-order valence-corrected chi connectivity index (χ1v) is 6.33.